The smallest absolute Gasteiger partial charge is 0.262 e. The van der Waals surface area contributed by atoms with Crippen molar-refractivity contribution in [2.75, 3.05) is 0 Å². The Morgan fingerprint density at radius 1 is 1.12 bits per heavy atom. The van der Waals surface area contributed by atoms with E-state index in [9.17, 15) is 10.1 Å². The lowest BCUT2D eigenvalue weighted by Gasteiger charge is -2.12. The zero-order chi connectivity index (χ0) is 18.2. The molecule has 2 aromatic carbocycles. The number of carbonyl (C=O) groups is 1. The summed E-state index contributed by atoms with van der Waals surface area (Å²) in [6, 6.07) is 19.5. The molecule has 0 bridgehead atoms. The summed E-state index contributed by atoms with van der Waals surface area (Å²) in [5.74, 6) is 0.343. The Morgan fingerprint density at radius 2 is 1.81 bits per heavy atom. The quantitative estimate of drug-likeness (QED) is 0.629. The lowest BCUT2D eigenvalue weighted by atomic mass is 10.1. The van der Waals surface area contributed by atoms with Gasteiger partial charge in [-0.25, -0.2) is 0 Å². The molecule has 1 fully saturated rings. The number of hydrogen-bond donors (Lipinski definition) is 1. The molecule has 0 spiro atoms. The number of ether oxygens (including phenoxy) is 1. The highest BCUT2D eigenvalue weighted by atomic mass is 16.5. The lowest BCUT2D eigenvalue weighted by Crippen LogP contribution is -2.33. The van der Waals surface area contributed by atoms with Gasteiger partial charge in [-0.15, -0.1) is 0 Å². The van der Waals surface area contributed by atoms with Crippen molar-refractivity contribution in [3.8, 4) is 11.8 Å². The number of carbonyl (C=O) groups excluding carboxylic acids is 1. The van der Waals surface area contributed by atoms with Gasteiger partial charge in [-0.1, -0.05) is 61.4 Å². The van der Waals surface area contributed by atoms with Crippen molar-refractivity contribution in [1.82, 2.24) is 5.32 Å². The predicted molar refractivity (Wildman–Crippen MR) is 101 cm³/mol. The van der Waals surface area contributed by atoms with E-state index >= 15 is 0 Å². The van der Waals surface area contributed by atoms with Crippen LogP contribution in [0.4, 0.5) is 0 Å². The molecule has 1 amide bonds. The van der Waals surface area contributed by atoms with E-state index in [2.05, 4.69) is 5.32 Å². The van der Waals surface area contributed by atoms with Gasteiger partial charge in [0.15, 0.2) is 0 Å². The summed E-state index contributed by atoms with van der Waals surface area (Å²) in [5.41, 5.74) is 1.89. The van der Waals surface area contributed by atoms with Crippen molar-refractivity contribution in [2.24, 2.45) is 0 Å². The summed E-state index contributed by atoms with van der Waals surface area (Å²) in [4.78, 5) is 12.4. The van der Waals surface area contributed by atoms with E-state index < -0.39 is 0 Å². The average Bonchev–Trinajstić information content (AvgIpc) is 3.19. The largest absolute Gasteiger partial charge is 0.488 e. The molecule has 1 N–H and O–H groups in total. The van der Waals surface area contributed by atoms with Gasteiger partial charge >= 0.3 is 0 Å². The van der Waals surface area contributed by atoms with Crippen LogP contribution >= 0.6 is 0 Å². The molecule has 0 aromatic heterocycles. The second-order valence-corrected chi connectivity index (χ2v) is 6.44. The maximum absolute atomic E-state index is 12.4. The van der Waals surface area contributed by atoms with Gasteiger partial charge in [0.1, 0.15) is 24.0 Å². The molecule has 1 saturated carbocycles. The van der Waals surface area contributed by atoms with Crippen molar-refractivity contribution >= 4 is 12.0 Å². The first-order valence-electron chi connectivity index (χ1n) is 8.94. The Labute approximate surface area is 154 Å². The number of hydrogen-bond acceptors (Lipinski definition) is 3. The molecule has 0 unspecified atom stereocenters. The van der Waals surface area contributed by atoms with Crippen LogP contribution in [0.3, 0.4) is 0 Å². The van der Waals surface area contributed by atoms with Gasteiger partial charge in [0, 0.05) is 11.6 Å². The standard InChI is InChI=1S/C22H22N2O2/c23-15-19(22(25)24-20-11-5-6-12-20)14-18-10-4-7-13-21(18)26-16-17-8-2-1-3-9-17/h1-4,7-10,13-14,20H,5-6,11-12,16H2,(H,24,25)/b19-14-. The van der Waals surface area contributed by atoms with Crippen LogP contribution in [-0.4, -0.2) is 11.9 Å². The molecular formula is C22H22N2O2. The lowest BCUT2D eigenvalue weighted by molar-refractivity contribution is -0.117. The number of nitriles is 1. The number of nitrogens with one attached hydrogen (secondary N) is 1. The first-order chi connectivity index (χ1) is 12.8. The Hall–Kier alpha value is -3.06. The van der Waals surface area contributed by atoms with Crippen molar-refractivity contribution in [3.05, 3.63) is 71.3 Å². The molecular weight excluding hydrogens is 324 g/mol. The molecule has 2 aromatic rings. The highest BCUT2D eigenvalue weighted by Crippen LogP contribution is 2.23. The number of amides is 1. The summed E-state index contributed by atoms with van der Waals surface area (Å²) < 4.78 is 5.90. The molecule has 132 valence electrons. The summed E-state index contributed by atoms with van der Waals surface area (Å²) in [6.07, 6.45) is 5.84. The molecule has 0 atom stereocenters. The first kappa shape index (κ1) is 17.8. The third kappa shape index (κ3) is 4.73. The van der Waals surface area contributed by atoms with Gasteiger partial charge in [0.2, 0.25) is 0 Å². The van der Waals surface area contributed by atoms with Crippen molar-refractivity contribution in [2.45, 2.75) is 38.3 Å². The van der Waals surface area contributed by atoms with Gasteiger partial charge in [-0.05, 0) is 30.5 Å². The molecule has 0 heterocycles. The Bertz CT molecular complexity index is 816. The fraction of sp³-hybridized carbons (Fsp3) is 0.273. The highest BCUT2D eigenvalue weighted by molar-refractivity contribution is 6.02. The van der Waals surface area contributed by atoms with Crippen LogP contribution in [0, 0.1) is 11.3 Å². The Kier molecular flexibility index (Phi) is 6.05. The minimum absolute atomic E-state index is 0.104. The van der Waals surface area contributed by atoms with Gasteiger partial charge in [0.05, 0.1) is 0 Å². The SMILES string of the molecule is N#C/C(=C/c1ccccc1OCc1ccccc1)C(=O)NC1CCCC1. The van der Waals surface area contributed by atoms with Crippen LogP contribution in [0.5, 0.6) is 5.75 Å². The number of para-hydroxylation sites is 1. The van der Waals surface area contributed by atoms with E-state index in [0.29, 0.717) is 12.4 Å². The van der Waals surface area contributed by atoms with Crippen LogP contribution in [-0.2, 0) is 11.4 Å². The summed E-state index contributed by atoms with van der Waals surface area (Å²) in [5, 5.41) is 12.4. The molecule has 26 heavy (non-hydrogen) atoms. The van der Waals surface area contributed by atoms with E-state index in [1.54, 1.807) is 6.08 Å². The third-order valence-electron chi connectivity index (χ3n) is 4.51. The van der Waals surface area contributed by atoms with E-state index in [-0.39, 0.29) is 17.5 Å². The van der Waals surface area contributed by atoms with Crippen LogP contribution in [0.25, 0.3) is 6.08 Å². The second-order valence-electron chi connectivity index (χ2n) is 6.44. The molecule has 1 aliphatic carbocycles. The maximum atomic E-state index is 12.4. The molecule has 0 radical (unpaired) electrons. The maximum Gasteiger partial charge on any atom is 0.262 e. The van der Waals surface area contributed by atoms with Gasteiger partial charge in [-0.3, -0.25) is 4.79 Å². The van der Waals surface area contributed by atoms with Crippen LogP contribution in [0.1, 0.15) is 36.8 Å². The fourth-order valence-electron chi connectivity index (χ4n) is 3.10. The number of benzene rings is 2. The summed E-state index contributed by atoms with van der Waals surface area (Å²) in [6.45, 7) is 0.432. The van der Waals surface area contributed by atoms with Gasteiger partial charge in [-0.2, -0.15) is 5.26 Å². The zero-order valence-corrected chi connectivity index (χ0v) is 14.7. The molecule has 0 aliphatic heterocycles. The Morgan fingerprint density at radius 3 is 2.54 bits per heavy atom. The first-order valence-corrected chi connectivity index (χ1v) is 8.94. The van der Waals surface area contributed by atoms with Crippen LogP contribution in [0.2, 0.25) is 0 Å². The van der Waals surface area contributed by atoms with E-state index in [1.165, 1.54) is 0 Å². The predicted octanol–water partition coefficient (Wildman–Crippen LogP) is 4.23. The summed E-state index contributed by atoms with van der Waals surface area (Å²) in [7, 11) is 0. The van der Waals surface area contributed by atoms with Gasteiger partial charge in [0.25, 0.3) is 5.91 Å². The highest BCUT2D eigenvalue weighted by Gasteiger charge is 2.19. The molecule has 4 nitrogen and oxygen atoms in total. The van der Waals surface area contributed by atoms with Crippen LogP contribution in [0.15, 0.2) is 60.2 Å². The molecule has 1 aliphatic rings. The average molecular weight is 346 g/mol. The fourth-order valence-corrected chi connectivity index (χ4v) is 3.10. The normalized spacial score (nSPS) is 14.7. The third-order valence-corrected chi connectivity index (χ3v) is 4.51. The molecule has 4 heteroatoms. The summed E-state index contributed by atoms with van der Waals surface area (Å²) >= 11 is 0. The zero-order valence-electron chi connectivity index (χ0n) is 14.7. The van der Waals surface area contributed by atoms with E-state index in [4.69, 9.17) is 4.74 Å². The monoisotopic (exact) mass is 346 g/mol. The van der Waals surface area contributed by atoms with Crippen molar-refractivity contribution in [3.63, 3.8) is 0 Å². The minimum atomic E-state index is -0.308. The molecule has 0 saturated heterocycles. The topological polar surface area (TPSA) is 62.1 Å². The van der Waals surface area contributed by atoms with Gasteiger partial charge < -0.3 is 10.1 Å². The van der Waals surface area contributed by atoms with Crippen molar-refractivity contribution in [1.29, 1.82) is 5.26 Å². The molecule has 3 rings (SSSR count). The Balaban J connectivity index is 1.73. The van der Waals surface area contributed by atoms with E-state index in [1.807, 2.05) is 60.7 Å². The van der Waals surface area contributed by atoms with Crippen LogP contribution < -0.4 is 10.1 Å². The van der Waals surface area contributed by atoms with E-state index in [0.717, 1.165) is 36.8 Å². The minimum Gasteiger partial charge on any atom is -0.488 e. The number of nitrogens with zero attached hydrogens (tertiary/aromatic N) is 1. The van der Waals surface area contributed by atoms with Crippen molar-refractivity contribution < 1.29 is 9.53 Å². The number of rotatable bonds is 6. The second kappa shape index (κ2) is 8.87.